The molecule has 1 atom stereocenters. The van der Waals surface area contributed by atoms with Crippen LogP contribution < -0.4 is 5.32 Å². The topological polar surface area (TPSA) is 29.9 Å². The minimum Gasteiger partial charge on any atom is -0.310 e. The van der Waals surface area contributed by atoms with Crippen molar-refractivity contribution in [2.45, 2.75) is 53.2 Å². The fraction of sp³-hybridized carbons (Fsp3) is 0.471. The van der Waals surface area contributed by atoms with Gasteiger partial charge >= 0.3 is 0 Å². The SMILES string of the molecule is CCn1nc(C)c(CN[C@@H](C)Cc2cccc(F)c2)c1C. The molecule has 0 saturated carbocycles. The zero-order chi connectivity index (χ0) is 15.4. The molecule has 0 amide bonds. The zero-order valence-electron chi connectivity index (χ0n) is 13.3. The van der Waals surface area contributed by atoms with Gasteiger partial charge in [0.25, 0.3) is 0 Å². The smallest absolute Gasteiger partial charge is 0.123 e. The lowest BCUT2D eigenvalue weighted by Gasteiger charge is -2.14. The molecule has 4 heteroatoms. The van der Waals surface area contributed by atoms with Gasteiger partial charge in [0.05, 0.1) is 5.69 Å². The maximum Gasteiger partial charge on any atom is 0.123 e. The van der Waals surface area contributed by atoms with Gasteiger partial charge in [0.2, 0.25) is 0 Å². The van der Waals surface area contributed by atoms with Gasteiger partial charge in [-0.2, -0.15) is 5.10 Å². The lowest BCUT2D eigenvalue weighted by atomic mass is 10.1. The first-order valence-electron chi connectivity index (χ1n) is 7.52. The summed E-state index contributed by atoms with van der Waals surface area (Å²) < 4.78 is 15.2. The largest absolute Gasteiger partial charge is 0.310 e. The molecule has 1 aromatic carbocycles. The molecule has 0 unspecified atom stereocenters. The normalized spacial score (nSPS) is 12.6. The molecule has 1 heterocycles. The van der Waals surface area contributed by atoms with E-state index in [0.29, 0.717) is 0 Å². The third-order valence-corrected chi connectivity index (χ3v) is 3.89. The Labute approximate surface area is 126 Å². The van der Waals surface area contributed by atoms with Crippen molar-refractivity contribution >= 4 is 0 Å². The first kappa shape index (κ1) is 15.7. The molecule has 0 aliphatic carbocycles. The molecule has 21 heavy (non-hydrogen) atoms. The first-order chi connectivity index (χ1) is 10.0. The van der Waals surface area contributed by atoms with E-state index in [1.54, 1.807) is 12.1 Å². The van der Waals surface area contributed by atoms with Gasteiger partial charge in [0.15, 0.2) is 0 Å². The Hall–Kier alpha value is -1.68. The number of nitrogens with one attached hydrogen (secondary N) is 1. The molecule has 0 spiro atoms. The Balaban J connectivity index is 1.95. The van der Waals surface area contributed by atoms with Gasteiger partial charge in [-0.1, -0.05) is 12.1 Å². The maximum absolute atomic E-state index is 13.2. The van der Waals surface area contributed by atoms with Crippen LogP contribution >= 0.6 is 0 Å². The predicted molar refractivity (Wildman–Crippen MR) is 83.8 cm³/mol. The van der Waals surface area contributed by atoms with E-state index in [-0.39, 0.29) is 11.9 Å². The van der Waals surface area contributed by atoms with Crippen molar-refractivity contribution in [3.8, 4) is 0 Å². The summed E-state index contributed by atoms with van der Waals surface area (Å²) >= 11 is 0. The van der Waals surface area contributed by atoms with E-state index < -0.39 is 0 Å². The van der Waals surface area contributed by atoms with Crippen LogP contribution in [0.5, 0.6) is 0 Å². The highest BCUT2D eigenvalue weighted by molar-refractivity contribution is 5.24. The molecule has 0 saturated heterocycles. The average Bonchev–Trinajstić information content (AvgIpc) is 2.71. The Kier molecular flexibility index (Phi) is 5.12. The minimum atomic E-state index is -0.171. The Bertz CT molecular complexity index is 604. The summed E-state index contributed by atoms with van der Waals surface area (Å²) in [5.41, 5.74) is 4.59. The van der Waals surface area contributed by atoms with Gasteiger partial charge in [-0.15, -0.1) is 0 Å². The van der Waals surface area contributed by atoms with Crippen molar-refractivity contribution < 1.29 is 4.39 Å². The molecule has 3 nitrogen and oxygen atoms in total. The third kappa shape index (κ3) is 3.91. The van der Waals surface area contributed by atoms with E-state index >= 15 is 0 Å². The number of halogens is 1. The Morgan fingerprint density at radius 1 is 1.33 bits per heavy atom. The van der Waals surface area contributed by atoms with E-state index in [2.05, 4.69) is 31.2 Å². The summed E-state index contributed by atoms with van der Waals surface area (Å²) in [6, 6.07) is 7.09. The number of hydrogen-bond donors (Lipinski definition) is 1. The first-order valence-corrected chi connectivity index (χ1v) is 7.52. The van der Waals surface area contributed by atoms with Crippen molar-refractivity contribution in [3.63, 3.8) is 0 Å². The highest BCUT2D eigenvalue weighted by atomic mass is 19.1. The van der Waals surface area contributed by atoms with E-state index in [9.17, 15) is 4.39 Å². The van der Waals surface area contributed by atoms with Gasteiger partial charge in [0.1, 0.15) is 5.82 Å². The second-order valence-electron chi connectivity index (χ2n) is 5.58. The monoisotopic (exact) mass is 289 g/mol. The number of rotatable bonds is 6. The molecular formula is C17H24FN3. The summed E-state index contributed by atoms with van der Waals surface area (Å²) in [6.45, 7) is 10.1. The van der Waals surface area contributed by atoms with Crippen LogP contribution in [0, 0.1) is 19.7 Å². The maximum atomic E-state index is 13.2. The van der Waals surface area contributed by atoms with E-state index in [4.69, 9.17) is 0 Å². The Morgan fingerprint density at radius 3 is 2.71 bits per heavy atom. The number of aryl methyl sites for hydroxylation is 2. The van der Waals surface area contributed by atoms with Crippen LogP contribution in [0.3, 0.4) is 0 Å². The fourth-order valence-electron chi connectivity index (χ4n) is 2.66. The molecule has 114 valence electrons. The summed E-state index contributed by atoms with van der Waals surface area (Å²) in [6.07, 6.45) is 0.817. The standard InChI is InChI=1S/C17H24FN3/c1-5-21-14(4)17(13(3)20-21)11-19-12(2)9-15-7-6-8-16(18)10-15/h6-8,10,12,19H,5,9,11H2,1-4H3/t12-/m0/s1. The molecule has 2 rings (SSSR count). The number of nitrogens with zero attached hydrogens (tertiary/aromatic N) is 2. The van der Waals surface area contributed by atoms with E-state index in [0.717, 1.165) is 30.8 Å². The predicted octanol–water partition coefficient (Wildman–Crippen LogP) is 3.38. The number of aromatic nitrogens is 2. The van der Waals surface area contributed by atoms with Crippen LogP contribution in [0.15, 0.2) is 24.3 Å². The van der Waals surface area contributed by atoms with Crippen LogP contribution in [-0.4, -0.2) is 15.8 Å². The van der Waals surface area contributed by atoms with E-state index in [1.807, 2.05) is 17.7 Å². The molecule has 0 fully saturated rings. The van der Waals surface area contributed by atoms with Crippen molar-refractivity contribution in [2.24, 2.45) is 0 Å². The summed E-state index contributed by atoms with van der Waals surface area (Å²) in [4.78, 5) is 0. The molecule has 2 aromatic rings. The van der Waals surface area contributed by atoms with Crippen LogP contribution in [0.4, 0.5) is 4.39 Å². The highest BCUT2D eigenvalue weighted by Gasteiger charge is 2.11. The van der Waals surface area contributed by atoms with Crippen molar-refractivity contribution in [3.05, 3.63) is 52.6 Å². The van der Waals surface area contributed by atoms with Crippen molar-refractivity contribution in [2.75, 3.05) is 0 Å². The molecular weight excluding hydrogens is 265 g/mol. The summed E-state index contributed by atoms with van der Waals surface area (Å²) in [5, 5.41) is 8.04. The lowest BCUT2D eigenvalue weighted by Crippen LogP contribution is -2.28. The molecule has 0 aliphatic rings. The number of hydrogen-bond acceptors (Lipinski definition) is 2. The van der Waals surface area contributed by atoms with E-state index in [1.165, 1.54) is 17.3 Å². The second-order valence-corrected chi connectivity index (χ2v) is 5.58. The van der Waals surface area contributed by atoms with Crippen LogP contribution in [-0.2, 0) is 19.5 Å². The molecule has 0 radical (unpaired) electrons. The lowest BCUT2D eigenvalue weighted by molar-refractivity contribution is 0.540. The summed E-state index contributed by atoms with van der Waals surface area (Å²) in [5.74, 6) is -0.171. The number of benzene rings is 1. The third-order valence-electron chi connectivity index (χ3n) is 3.89. The van der Waals surface area contributed by atoms with Gasteiger partial charge in [-0.3, -0.25) is 4.68 Å². The van der Waals surface area contributed by atoms with Gasteiger partial charge in [0, 0.05) is 30.4 Å². The highest BCUT2D eigenvalue weighted by Crippen LogP contribution is 2.13. The second kappa shape index (κ2) is 6.85. The molecule has 1 N–H and O–H groups in total. The molecule has 1 aromatic heterocycles. The van der Waals surface area contributed by atoms with Crippen molar-refractivity contribution in [1.29, 1.82) is 0 Å². The van der Waals surface area contributed by atoms with Crippen LogP contribution in [0.2, 0.25) is 0 Å². The fourth-order valence-corrected chi connectivity index (χ4v) is 2.66. The van der Waals surface area contributed by atoms with Gasteiger partial charge < -0.3 is 5.32 Å². The Morgan fingerprint density at radius 2 is 2.10 bits per heavy atom. The van der Waals surface area contributed by atoms with Gasteiger partial charge in [-0.05, 0) is 51.8 Å². The zero-order valence-corrected chi connectivity index (χ0v) is 13.3. The van der Waals surface area contributed by atoms with Crippen LogP contribution in [0.1, 0.15) is 36.4 Å². The van der Waals surface area contributed by atoms with Crippen LogP contribution in [0.25, 0.3) is 0 Å². The quantitative estimate of drug-likeness (QED) is 0.883. The van der Waals surface area contributed by atoms with Crippen molar-refractivity contribution in [1.82, 2.24) is 15.1 Å². The minimum absolute atomic E-state index is 0.171. The summed E-state index contributed by atoms with van der Waals surface area (Å²) in [7, 11) is 0. The molecule has 0 aliphatic heterocycles. The average molecular weight is 289 g/mol. The van der Waals surface area contributed by atoms with Gasteiger partial charge in [-0.25, -0.2) is 4.39 Å². The molecule has 0 bridgehead atoms.